The molecule has 0 amide bonds. The molecule has 0 aromatic carbocycles. The maximum atomic E-state index is 5.99. The van der Waals surface area contributed by atoms with Crippen molar-refractivity contribution in [2.24, 2.45) is 0 Å². The lowest BCUT2D eigenvalue weighted by atomic mass is 9.95. The van der Waals surface area contributed by atoms with Crippen molar-refractivity contribution in [1.29, 1.82) is 0 Å². The van der Waals surface area contributed by atoms with E-state index in [9.17, 15) is 0 Å². The largest absolute Gasteiger partial charge is 0.370 e. The second-order valence-corrected chi connectivity index (χ2v) is 9.61. The van der Waals surface area contributed by atoms with Gasteiger partial charge in [-0.25, -0.2) is 15.0 Å². The highest BCUT2D eigenvalue weighted by Gasteiger charge is 2.28. The number of pyridine rings is 1. The number of hydrogen-bond acceptors (Lipinski definition) is 7. The van der Waals surface area contributed by atoms with E-state index in [4.69, 9.17) is 24.4 Å². The standard InChI is InChI=1S/C21H27N5O2S/c1-13-23-17-15-10-14-12-28-21(2,3)11-16(14)25-20(15)29-18(17)19(24-13)22-4-5-26-6-8-27-9-7-26/h10H,4-9,11-12H2,1-3H3,(H,22,23,24)/p+1. The van der Waals surface area contributed by atoms with Crippen molar-refractivity contribution >= 4 is 37.6 Å². The highest BCUT2D eigenvalue weighted by molar-refractivity contribution is 7.25. The lowest BCUT2D eigenvalue weighted by Crippen LogP contribution is -3.14. The fraction of sp³-hybridized carbons (Fsp3) is 0.571. The molecule has 0 unspecified atom stereocenters. The van der Waals surface area contributed by atoms with Crippen LogP contribution in [0.4, 0.5) is 5.82 Å². The molecule has 0 bridgehead atoms. The summed E-state index contributed by atoms with van der Waals surface area (Å²) in [5.74, 6) is 1.71. The number of ether oxygens (including phenoxy) is 2. The van der Waals surface area contributed by atoms with Gasteiger partial charge in [-0.1, -0.05) is 0 Å². The number of quaternary nitrogens is 1. The molecule has 3 aromatic rings. The number of fused-ring (bicyclic) bond motifs is 4. The highest BCUT2D eigenvalue weighted by atomic mass is 32.1. The van der Waals surface area contributed by atoms with E-state index in [0.717, 1.165) is 83.6 Å². The van der Waals surface area contributed by atoms with Gasteiger partial charge in [0.15, 0.2) is 0 Å². The van der Waals surface area contributed by atoms with Gasteiger partial charge in [-0.2, -0.15) is 0 Å². The molecule has 8 heteroatoms. The predicted molar refractivity (Wildman–Crippen MR) is 115 cm³/mol. The molecule has 7 nitrogen and oxygen atoms in total. The Kier molecular flexibility index (Phi) is 4.90. The zero-order valence-corrected chi connectivity index (χ0v) is 18.1. The summed E-state index contributed by atoms with van der Waals surface area (Å²) in [6.45, 7) is 12.7. The van der Waals surface area contributed by atoms with E-state index in [0.29, 0.717) is 6.61 Å². The van der Waals surface area contributed by atoms with Crippen molar-refractivity contribution in [3.63, 3.8) is 0 Å². The van der Waals surface area contributed by atoms with Gasteiger partial charge in [-0.05, 0) is 26.8 Å². The van der Waals surface area contributed by atoms with Crippen LogP contribution in [-0.4, -0.2) is 59.9 Å². The number of aromatic nitrogens is 3. The molecular formula is C21H28N5O2S+. The molecule has 5 heterocycles. The first-order valence-electron chi connectivity index (χ1n) is 10.4. The van der Waals surface area contributed by atoms with Crippen LogP contribution in [-0.2, 0) is 22.5 Å². The van der Waals surface area contributed by atoms with E-state index in [1.807, 2.05) is 6.92 Å². The van der Waals surface area contributed by atoms with Crippen molar-refractivity contribution < 1.29 is 14.4 Å². The zero-order chi connectivity index (χ0) is 20.0. The second-order valence-electron chi connectivity index (χ2n) is 8.61. The first kappa shape index (κ1) is 19.1. The highest BCUT2D eigenvalue weighted by Crippen LogP contribution is 2.38. The lowest BCUT2D eigenvalue weighted by molar-refractivity contribution is -0.906. The number of anilines is 1. The summed E-state index contributed by atoms with van der Waals surface area (Å²) in [6, 6.07) is 2.22. The van der Waals surface area contributed by atoms with Crippen LogP contribution in [0, 0.1) is 6.92 Å². The number of thiophene rings is 1. The van der Waals surface area contributed by atoms with Gasteiger partial charge in [-0.15, -0.1) is 11.3 Å². The van der Waals surface area contributed by atoms with Gasteiger partial charge >= 0.3 is 0 Å². The summed E-state index contributed by atoms with van der Waals surface area (Å²) >= 11 is 1.69. The third-order valence-corrected chi connectivity index (χ3v) is 6.87. The molecule has 1 fully saturated rings. The molecule has 0 aliphatic carbocycles. The average Bonchev–Trinajstić information content (AvgIpc) is 3.04. The molecular weight excluding hydrogens is 386 g/mol. The second kappa shape index (κ2) is 7.43. The van der Waals surface area contributed by atoms with E-state index in [1.54, 1.807) is 16.2 Å². The Labute approximate surface area is 174 Å². The van der Waals surface area contributed by atoms with Gasteiger partial charge < -0.3 is 19.7 Å². The van der Waals surface area contributed by atoms with E-state index < -0.39 is 0 Å². The third-order valence-electron chi connectivity index (χ3n) is 5.77. The molecule has 3 aromatic heterocycles. The molecule has 5 rings (SSSR count). The molecule has 1 saturated heterocycles. The molecule has 0 spiro atoms. The SMILES string of the molecule is Cc1nc(NCC[NH+]2CCOCC2)c2sc3nc4c(cc3c2n1)COC(C)(C)C4. The van der Waals surface area contributed by atoms with Crippen LogP contribution in [0.5, 0.6) is 0 Å². The van der Waals surface area contributed by atoms with E-state index in [1.165, 1.54) is 5.56 Å². The number of aryl methyl sites for hydroxylation is 1. The smallest absolute Gasteiger partial charge is 0.148 e. The Morgan fingerprint density at radius 1 is 1.21 bits per heavy atom. The molecule has 29 heavy (non-hydrogen) atoms. The van der Waals surface area contributed by atoms with Crippen LogP contribution in [0.15, 0.2) is 6.07 Å². The molecule has 2 N–H and O–H groups in total. The van der Waals surface area contributed by atoms with Crippen LogP contribution in [0.3, 0.4) is 0 Å². The van der Waals surface area contributed by atoms with E-state index in [2.05, 4.69) is 25.2 Å². The maximum absolute atomic E-state index is 5.99. The average molecular weight is 415 g/mol. The molecule has 154 valence electrons. The predicted octanol–water partition coefficient (Wildman–Crippen LogP) is 1.73. The normalized spacial score (nSPS) is 19.6. The number of morpholine rings is 1. The van der Waals surface area contributed by atoms with Crippen molar-refractivity contribution in [3.8, 4) is 0 Å². The third kappa shape index (κ3) is 3.82. The zero-order valence-electron chi connectivity index (χ0n) is 17.3. The van der Waals surface area contributed by atoms with Gasteiger partial charge in [0, 0.05) is 17.4 Å². The Morgan fingerprint density at radius 3 is 2.86 bits per heavy atom. The summed E-state index contributed by atoms with van der Waals surface area (Å²) in [5, 5.41) is 4.68. The molecule has 0 saturated carbocycles. The van der Waals surface area contributed by atoms with Crippen LogP contribution >= 0.6 is 11.3 Å². The fourth-order valence-corrected chi connectivity index (χ4v) is 5.23. The number of hydrogen-bond donors (Lipinski definition) is 2. The minimum atomic E-state index is -0.157. The molecule has 0 atom stereocenters. The fourth-order valence-electron chi connectivity index (χ4n) is 4.15. The Balaban J connectivity index is 1.47. The Morgan fingerprint density at radius 2 is 2.03 bits per heavy atom. The quantitative estimate of drug-likeness (QED) is 0.677. The minimum absolute atomic E-state index is 0.157. The minimum Gasteiger partial charge on any atom is -0.370 e. The van der Waals surface area contributed by atoms with Crippen molar-refractivity contribution in [3.05, 3.63) is 23.1 Å². The summed E-state index contributed by atoms with van der Waals surface area (Å²) in [5.41, 5.74) is 3.17. The first-order chi connectivity index (χ1) is 14.0. The molecule has 2 aliphatic rings. The first-order valence-corrected chi connectivity index (χ1v) is 11.2. The van der Waals surface area contributed by atoms with Crippen LogP contribution in [0.2, 0.25) is 0 Å². The number of nitrogens with one attached hydrogen (secondary N) is 2. The molecule has 2 aliphatic heterocycles. The topological polar surface area (TPSA) is 73.6 Å². The lowest BCUT2D eigenvalue weighted by Gasteiger charge is -2.30. The summed E-state index contributed by atoms with van der Waals surface area (Å²) < 4.78 is 12.5. The number of rotatable bonds is 4. The van der Waals surface area contributed by atoms with Crippen molar-refractivity contribution in [1.82, 2.24) is 15.0 Å². The monoisotopic (exact) mass is 414 g/mol. The van der Waals surface area contributed by atoms with Gasteiger partial charge in [0.25, 0.3) is 0 Å². The van der Waals surface area contributed by atoms with Crippen LogP contribution in [0.1, 0.15) is 30.9 Å². The Bertz CT molecular complexity index is 1060. The van der Waals surface area contributed by atoms with Gasteiger partial charge in [0.05, 0.1) is 54.4 Å². The van der Waals surface area contributed by atoms with Crippen LogP contribution < -0.4 is 10.2 Å². The molecule has 0 radical (unpaired) electrons. The van der Waals surface area contributed by atoms with Crippen molar-refractivity contribution in [2.75, 3.05) is 44.7 Å². The maximum Gasteiger partial charge on any atom is 0.148 e. The number of nitrogens with zero attached hydrogens (tertiary/aromatic N) is 3. The van der Waals surface area contributed by atoms with Crippen molar-refractivity contribution in [2.45, 2.75) is 39.4 Å². The summed E-state index contributed by atoms with van der Waals surface area (Å²) in [7, 11) is 0. The van der Waals surface area contributed by atoms with E-state index in [-0.39, 0.29) is 5.60 Å². The van der Waals surface area contributed by atoms with E-state index >= 15 is 0 Å². The summed E-state index contributed by atoms with van der Waals surface area (Å²) in [6.07, 6.45) is 0.838. The van der Waals surface area contributed by atoms with Gasteiger partial charge in [0.1, 0.15) is 29.6 Å². The Hall–Kier alpha value is -1.87. The van der Waals surface area contributed by atoms with Gasteiger partial charge in [-0.3, -0.25) is 0 Å². The van der Waals surface area contributed by atoms with Crippen LogP contribution in [0.25, 0.3) is 20.4 Å². The van der Waals surface area contributed by atoms with Gasteiger partial charge in [0.2, 0.25) is 0 Å². The summed E-state index contributed by atoms with van der Waals surface area (Å²) in [4.78, 5) is 17.1.